The van der Waals surface area contributed by atoms with Crippen LogP contribution in [-0.2, 0) is 0 Å². The maximum Gasteiger partial charge on any atom is -0.0316 e. The molecule has 0 heterocycles. The first-order valence-electron chi connectivity index (χ1n) is 5.61. The van der Waals surface area contributed by atoms with E-state index in [1.54, 1.807) is 0 Å². The summed E-state index contributed by atoms with van der Waals surface area (Å²) in [5.74, 6) is 0.907. The Morgan fingerprint density at radius 3 is 2.46 bits per heavy atom. The van der Waals surface area contributed by atoms with E-state index in [1.165, 1.54) is 25.7 Å². The number of unbranched alkanes of at least 4 members (excludes halogenated alkanes) is 1. The third kappa shape index (κ3) is 7.83. The van der Waals surface area contributed by atoms with Gasteiger partial charge in [-0.2, -0.15) is 0 Å². The predicted molar refractivity (Wildman–Crippen MR) is 61.9 cm³/mol. The van der Waals surface area contributed by atoms with Crippen LogP contribution in [0.2, 0.25) is 0 Å². The Morgan fingerprint density at radius 2 is 1.92 bits per heavy atom. The van der Waals surface area contributed by atoms with E-state index in [4.69, 9.17) is 0 Å². The summed E-state index contributed by atoms with van der Waals surface area (Å²) in [6.45, 7) is 8.26. The quantitative estimate of drug-likeness (QED) is 0.374. The van der Waals surface area contributed by atoms with Crippen LogP contribution in [0.3, 0.4) is 0 Å². The van der Waals surface area contributed by atoms with Crippen LogP contribution in [0.25, 0.3) is 0 Å². The van der Waals surface area contributed by atoms with E-state index in [1.807, 2.05) is 6.08 Å². The van der Waals surface area contributed by atoms with E-state index >= 15 is 0 Å². The molecular weight excluding hydrogens is 156 g/mol. The van der Waals surface area contributed by atoms with E-state index in [0.717, 1.165) is 18.8 Å². The first-order chi connectivity index (χ1) is 6.35. The van der Waals surface area contributed by atoms with E-state index in [2.05, 4.69) is 32.6 Å². The topological polar surface area (TPSA) is 0 Å². The molecule has 76 valence electrons. The molecule has 0 bridgehead atoms. The van der Waals surface area contributed by atoms with E-state index in [9.17, 15) is 0 Å². The van der Waals surface area contributed by atoms with Crippen LogP contribution in [0.4, 0.5) is 0 Å². The summed E-state index contributed by atoms with van der Waals surface area (Å²) in [6, 6.07) is 0. The largest absolute Gasteiger partial charge is 0.103 e. The van der Waals surface area contributed by atoms with Gasteiger partial charge in [0.1, 0.15) is 0 Å². The maximum atomic E-state index is 3.71. The average molecular weight is 180 g/mol. The molecule has 1 atom stereocenters. The molecule has 0 N–H and O–H groups in total. The van der Waals surface area contributed by atoms with Crippen LogP contribution < -0.4 is 0 Å². The van der Waals surface area contributed by atoms with Crippen molar-refractivity contribution in [1.29, 1.82) is 0 Å². The minimum atomic E-state index is 0.907. The Balaban J connectivity index is 3.45. The fourth-order valence-electron chi connectivity index (χ4n) is 1.52. The molecule has 0 spiro atoms. The first-order valence-corrected chi connectivity index (χ1v) is 5.61. The fraction of sp³-hybridized carbons (Fsp3) is 0.692. The van der Waals surface area contributed by atoms with E-state index in [-0.39, 0.29) is 0 Å². The van der Waals surface area contributed by atoms with E-state index < -0.39 is 0 Å². The average Bonchev–Trinajstić information content (AvgIpc) is 2.16. The molecule has 0 amide bonds. The summed E-state index contributed by atoms with van der Waals surface area (Å²) in [5, 5.41) is 0. The second-order valence-electron chi connectivity index (χ2n) is 3.64. The lowest BCUT2D eigenvalue weighted by atomic mass is 9.97. The minimum absolute atomic E-state index is 0.907. The zero-order valence-electron chi connectivity index (χ0n) is 9.26. The highest BCUT2D eigenvalue weighted by atomic mass is 14.1. The number of rotatable bonds is 8. The molecule has 0 aliphatic carbocycles. The van der Waals surface area contributed by atoms with Crippen molar-refractivity contribution in [3.8, 4) is 0 Å². The summed E-state index contributed by atoms with van der Waals surface area (Å²) in [7, 11) is 0. The monoisotopic (exact) mass is 180 g/mol. The van der Waals surface area contributed by atoms with Gasteiger partial charge in [0.15, 0.2) is 0 Å². The molecule has 0 radical (unpaired) electrons. The Hall–Kier alpha value is -0.520. The van der Waals surface area contributed by atoms with Crippen LogP contribution in [0.5, 0.6) is 0 Å². The number of allylic oxidation sites excluding steroid dienone is 3. The molecule has 13 heavy (non-hydrogen) atoms. The molecule has 0 nitrogen and oxygen atoms in total. The zero-order valence-corrected chi connectivity index (χ0v) is 9.26. The van der Waals surface area contributed by atoms with Gasteiger partial charge in [-0.1, -0.05) is 51.3 Å². The van der Waals surface area contributed by atoms with E-state index in [0.29, 0.717) is 0 Å². The smallest absolute Gasteiger partial charge is 0.0316 e. The molecule has 0 aliphatic heterocycles. The molecule has 0 saturated heterocycles. The van der Waals surface area contributed by atoms with Gasteiger partial charge in [-0.3, -0.25) is 0 Å². The molecule has 1 unspecified atom stereocenters. The zero-order chi connectivity index (χ0) is 9.94. The van der Waals surface area contributed by atoms with Gasteiger partial charge in [-0.25, -0.2) is 0 Å². The van der Waals surface area contributed by atoms with Crippen LogP contribution in [-0.4, -0.2) is 0 Å². The third-order valence-electron chi connectivity index (χ3n) is 2.45. The molecule has 0 rings (SSSR count). The van der Waals surface area contributed by atoms with Crippen molar-refractivity contribution in [2.24, 2.45) is 5.92 Å². The molecule has 0 aromatic rings. The van der Waals surface area contributed by atoms with Crippen molar-refractivity contribution in [1.82, 2.24) is 0 Å². The minimum Gasteiger partial charge on any atom is -0.103 e. The van der Waals surface area contributed by atoms with Gasteiger partial charge in [0.25, 0.3) is 0 Å². The molecule has 0 aromatic carbocycles. The van der Waals surface area contributed by atoms with Crippen molar-refractivity contribution < 1.29 is 0 Å². The Morgan fingerprint density at radius 1 is 1.15 bits per heavy atom. The fourth-order valence-corrected chi connectivity index (χ4v) is 1.52. The van der Waals surface area contributed by atoms with Crippen LogP contribution in [0, 0.1) is 5.92 Å². The lowest BCUT2D eigenvalue weighted by molar-refractivity contribution is 0.470. The number of hydrogen-bond acceptors (Lipinski definition) is 0. The lowest BCUT2D eigenvalue weighted by Crippen LogP contribution is -1.95. The van der Waals surface area contributed by atoms with Crippen molar-refractivity contribution >= 4 is 0 Å². The Labute approximate surface area is 83.7 Å². The number of hydrogen-bond donors (Lipinski definition) is 0. The van der Waals surface area contributed by atoms with Crippen molar-refractivity contribution in [3.05, 3.63) is 24.8 Å². The highest BCUT2D eigenvalue weighted by Gasteiger charge is 2.00. The van der Waals surface area contributed by atoms with Gasteiger partial charge in [-0.05, 0) is 25.2 Å². The van der Waals surface area contributed by atoms with Gasteiger partial charge >= 0.3 is 0 Å². The van der Waals surface area contributed by atoms with Crippen LogP contribution in [0.15, 0.2) is 24.8 Å². The molecular formula is C13H24. The Bertz CT molecular complexity index is 133. The second-order valence-corrected chi connectivity index (χ2v) is 3.64. The summed E-state index contributed by atoms with van der Waals surface area (Å²) < 4.78 is 0. The lowest BCUT2D eigenvalue weighted by Gasteiger charge is -2.09. The van der Waals surface area contributed by atoms with Gasteiger partial charge in [0.05, 0.1) is 0 Å². The maximum absolute atomic E-state index is 3.71. The summed E-state index contributed by atoms with van der Waals surface area (Å²) in [4.78, 5) is 0. The van der Waals surface area contributed by atoms with Gasteiger partial charge < -0.3 is 0 Å². The summed E-state index contributed by atoms with van der Waals surface area (Å²) in [5.41, 5.74) is 0. The van der Waals surface area contributed by atoms with Crippen LogP contribution >= 0.6 is 0 Å². The molecule has 0 heteroatoms. The molecule has 0 saturated carbocycles. The van der Waals surface area contributed by atoms with Crippen molar-refractivity contribution in [2.75, 3.05) is 0 Å². The predicted octanol–water partition coefficient (Wildman–Crippen LogP) is 4.73. The molecule has 0 aliphatic rings. The van der Waals surface area contributed by atoms with Crippen molar-refractivity contribution in [2.45, 2.75) is 52.4 Å². The molecule has 0 aromatic heterocycles. The van der Waals surface area contributed by atoms with Crippen LogP contribution in [0.1, 0.15) is 52.4 Å². The summed E-state index contributed by atoms with van der Waals surface area (Å²) >= 11 is 0. The van der Waals surface area contributed by atoms with Gasteiger partial charge in [-0.15, -0.1) is 6.58 Å². The SMILES string of the molecule is C=CCC/C=C/CC(CC)CCC. The van der Waals surface area contributed by atoms with Gasteiger partial charge in [0, 0.05) is 0 Å². The first kappa shape index (κ1) is 12.5. The molecule has 0 fully saturated rings. The summed E-state index contributed by atoms with van der Waals surface area (Å²) in [6.07, 6.45) is 14.2. The standard InChI is InChI=1S/C13H24/c1-4-7-8-9-10-12-13(6-3)11-5-2/h4,9-10,13H,1,5-8,11-12H2,2-3H3/b10-9+. The van der Waals surface area contributed by atoms with Gasteiger partial charge in [0.2, 0.25) is 0 Å². The van der Waals surface area contributed by atoms with Crippen molar-refractivity contribution in [3.63, 3.8) is 0 Å². The highest BCUT2D eigenvalue weighted by Crippen LogP contribution is 2.15. The normalized spacial score (nSPS) is 13.4. The third-order valence-corrected chi connectivity index (χ3v) is 2.45. The highest BCUT2D eigenvalue weighted by molar-refractivity contribution is 4.85. The Kier molecular flexibility index (Phi) is 9.18. The second kappa shape index (κ2) is 9.57.